The average molecular weight is 226 g/mol. The fourth-order valence-corrected chi connectivity index (χ4v) is 2.10. The second kappa shape index (κ2) is 4.41. The van der Waals surface area contributed by atoms with Gasteiger partial charge in [0.2, 0.25) is 5.43 Å². The van der Waals surface area contributed by atoms with Crippen molar-refractivity contribution in [2.75, 3.05) is 18.4 Å². The first-order valence-electron chi connectivity index (χ1n) is 5.17. The maximum Gasteiger partial charge on any atom is 0.220 e. The molecular weight excluding hydrogens is 208 g/mol. The lowest BCUT2D eigenvalue weighted by Gasteiger charge is -2.25. The highest BCUT2D eigenvalue weighted by Crippen LogP contribution is 2.30. The number of nitrogens with two attached hydrogens (primary N) is 1. The van der Waals surface area contributed by atoms with Crippen LogP contribution in [0.3, 0.4) is 0 Å². The van der Waals surface area contributed by atoms with E-state index in [9.17, 15) is 4.79 Å². The van der Waals surface area contributed by atoms with Gasteiger partial charge in [0.1, 0.15) is 0 Å². The number of anilines is 1. The largest absolute Gasteiger partial charge is 0.382 e. The molecular formula is C11H18N2OS. The minimum absolute atomic E-state index is 0.0213. The summed E-state index contributed by atoms with van der Waals surface area (Å²) < 4.78 is 0.484. The van der Waals surface area contributed by atoms with E-state index in [1.54, 1.807) is 0 Å². The molecule has 3 nitrogen and oxygen atoms in total. The standard InChI is InChI=1S/C11H18N2OS/c1-11(2,3)7-8(9(14)10(7)15)13-6-4-5-12/h13H,4-6,12H2,1-3H3. The van der Waals surface area contributed by atoms with Crippen LogP contribution in [0.1, 0.15) is 32.8 Å². The zero-order valence-corrected chi connectivity index (χ0v) is 10.3. The van der Waals surface area contributed by atoms with Gasteiger partial charge < -0.3 is 11.1 Å². The highest BCUT2D eigenvalue weighted by Gasteiger charge is 2.27. The van der Waals surface area contributed by atoms with Crippen LogP contribution in [0.25, 0.3) is 0 Å². The summed E-state index contributed by atoms with van der Waals surface area (Å²) in [7, 11) is 0. The first-order chi connectivity index (χ1) is 6.89. The van der Waals surface area contributed by atoms with Gasteiger partial charge in [0.25, 0.3) is 0 Å². The van der Waals surface area contributed by atoms with Crippen molar-refractivity contribution in [2.45, 2.75) is 32.6 Å². The van der Waals surface area contributed by atoms with Crippen LogP contribution in [-0.2, 0) is 5.41 Å². The lowest BCUT2D eigenvalue weighted by Crippen LogP contribution is -2.29. The highest BCUT2D eigenvalue weighted by molar-refractivity contribution is 7.71. The van der Waals surface area contributed by atoms with E-state index >= 15 is 0 Å². The molecule has 1 rings (SSSR count). The summed E-state index contributed by atoms with van der Waals surface area (Å²) in [6.45, 7) is 7.55. The van der Waals surface area contributed by atoms with Gasteiger partial charge in [-0.15, -0.1) is 0 Å². The van der Waals surface area contributed by atoms with E-state index in [2.05, 4.69) is 26.1 Å². The van der Waals surface area contributed by atoms with Gasteiger partial charge in [-0.2, -0.15) is 0 Å². The molecule has 1 aromatic carbocycles. The van der Waals surface area contributed by atoms with E-state index in [0.717, 1.165) is 18.5 Å². The zero-order chi connectivity index (χ0) is 11.6. The van der Waals surface area contributed by atoms with Gasteiger partial charge >= 0.3 is 0 Å². The Morgan fingerprint density at radius 1 is 1.40 bits per heavy atom. The quantitative estimate of drug-likeness (QED) is 0.606. The Bertz CT molecular complexity index is 411. The third kappa shape index (κ3) is 2.44. The minimum atomic E-state index is -0.0595. The first kappa shape index (κ1) is 12.3. The van der Waals surface area contributed by atoms with Crippen LogP contribution in [0.2, 0.25) is 0 Å². The average Bonchev–Trinajstić information content (AvgIpc) is 2.13. The molecule has 0 saturated carbocycles. The van der Waals surface area contributed by atoms with E-state index in [1.807, 2.05) is 0 Å². The van der Waals surface area contributed by atoms with Gasteiger partial charge in [-0.3, -0.25) is 4.79 Å². The van der Waals surface area contributed by atoms with Crippen molar-refractivity contribution in [3.8, 4) is 0 Å². The molecule has 15 heavy (non-hydrogen) atoms. The molecule has 84 valence electrons. The van der Waals surface area contributed by atoms with E-state index in [-0.39, 0.29) is 10.8 Å². The van der Waals surface area contributed by atoms with Crippen LogP contribution in [0.15, 0.2) is 4.79 Å². The molecule has 3 N–H and O–H groups in total. The van der Waals surface area contributed by atoms with E-state index in [4.69, 9.17) is 18.0 Å². The minimum Gasteiger partial charge on any atom is -0.382 e. The first-order valence-corrected chi connectivity index (χ1v) is 5.58. The molecule has 0 atom stereocenters. The summed E-state index contributed by atoms with van der Waals surface area (Å²) in [4.78, 5) is 11.5. The lowest BCUT2D eigenvalue weighted by molar-refractivity contribution is 0.583. The predicted molar refractivity (Wildman–Crippen MR) is 66.8 cm³/mol. The van der Waals surface area contributed by atoms with Gasteiger partial charge in [-0.1, -0.05) is 33.0 Å². The number of hydrogen-bond donors (Lipinski definition) is 2. The molecule has 0 aliphatic heterocycles. The van der Waals surface area contributed by atoms with Crippen molar-refractivity contribution in [3.63, 3.8) is 0 Å². The normalized spacial score (nSPS) is 12.0. The summed E-state index contributed by atoms with van der Waals surface area (Å²) >= 11 is 5.06. The fourth-order valence-electron chi connectivity index (χ4n) is 1.59. The zero-order valence-electron chi connectivity index (χ0n) is 9.52. The molecule has 0 aliphatic carbocycles. The molecule has 4 heteroatoms. The van der Waals surface area contributed by atoms with Crippen LogP contribution >= 0.6 is 12.2 Å². The summed E-state index contributed by atoms with van der Waals surface area (Å²) in [5, 5.41) is 3.12. The molecule has 0 radical (unpaired) electrons. The van der Waals surface area contributed by atoms with Crippen LogP contribution in [0, 0.1) is 4.51 Å². The fraction of sp³-hybridized carbons (Fsp3) is 0.636. The van der Waals surface area contributed by atoms with E-state index in [0.29, 0.717) is 16.7 Å². The summed E-state index contributed by atoms with van der Waals surface area (Å²) in [6.07, 6.45) is 0.862. The third-order valence-electron chi connectivity index (χ3n) is 2.34. The van der Waals surface area contributed by atoms with Crippen LogP contribution in [0.5, 0.6) is 0 Å². The Morgan fingerprint density at radius 2 is 2.00 bits per heavy atom. The molecule has 1 aromatic rings. The third-order valence-corrected chi connectivity index (χ3v) is 2.73. The Balaban J connectivity index is 2.86. The monoisotopic (exact) mass is 226 g/mol. The summed E-state index contributed by atoms with van der Waals surface area (Å²) in [6, 6.07) is 0. The van der Waals surface area contributed by atoms with E-state index < -0.39 is 0 Å². The molecule has 0 heterocycles. The van der Waals surface area contributed by atoms with Crippen LogP contribution in [0.4, 0.5) is 5.69 Å². The predicted octanol–water partition coefficient (Wildman–Crippen LogP) is 1.71. The maximum absolute atomic E-state index is 11.5. The van der Waals surface area contributed by atoms with Gasteiger partial charge in [0.15, 0.2) is 0 Å². The molecule has 0 saturated heterocycles. The topological polar surface area (TPSA) is 55.1 Å². The highest BCUT2D eigenvalue weighted by atomic mass is 32.1. The van der Waals surface area contributed by atoms with Crippen LogP contribution in [-0.4, -0.2) is 13.1 Å². The van der Waals surface area contributed by atoms with Crippen molar-refractivity contribution in [3.05, 3.63) is 20.3 Å². The Kier molecular flexibility index (Phi) is 3.62. The molecule has 0 aromatic heterocycles. The van der Waals surface area contributed by atoms with Gasteiger partial charge in [-0.05, 0) is 18.4 Å². The van der Waals surface area contributed by atoms with E-state index in [1.165, 1.54) is 0 Å². The smallest absolute Gasteiger partial charge is 0.220 e. The molecule has 0 amide bonds. The van der Waals surface area contributed by atoms with Crippen LogP contribution < -0.4 is 16.5 Å². The molecule has 0 bridgehead atoms. The van der Waals surface area contributed by atoms with Gasteiger partial charge in [0.05, 0.1) is 10.2 Å². The van der Waals surface area contributed by atoms with Crippen molar-refractivity contribution in [2.24, 2.45) is 5.73 Å². The Hall–Kier alpha value is -0.740. The SMILES string of the molecule is CC(C)(C)c1c(NCCCN)c(=O)c1=S. The second-order valence-corrected chi connectivity index (χ2v) is 5.14. The van der Waals surface area contributed by atoms with Crippen molar-refractivity contribution in [1.29, 1.82) is 0 Å². The van der Waals surface area contributed by atoms with Gasteiger partial charge in [0, 0.05) is 12.1 Å². The van der Waals surface area contributed by atoms with Crippen molar-refractivity contribution in [1.82, 2.24) is 0 Å². The molecule has 0 unspecified atom stereocenters. The second-order valence-electron chi connectivity index (χ2n) is 4.73. The Morgan fingerprint density at radius 3 is 2.47 bits per heavy atom. The van der Waals surface area contributed by atoms with Crippen molar-refractivity contribution < 1.29 is 0 Å². The lowest BCUT2D eigenvalue weighted by atomic mass is 9.83. The number of rotatable bonds is 4. The maximum atomic E-state index is 11.5. The summed E-state index contributed by atoms with van der Waals surface area (Å²) in [5.41, 5.74) is 6.99. The molecule has 0 fully saturated rings. The Labute approximate surface area is 95.4 Å². The van der Waals surface area contributed by atoms with Crippen molar-refractivity contribution >= 4 is 17.9 Å². The number of nitrogens with one attached hydrogen (secondary N) is 1. The van der Waals surface area contributed by atoms with Gasteiger partial charge in [-0.25, -0.2) is 0 Å². The summed E-state index contributed by atoms with van der Waals surface area (Å²) in [5.74, 6) is 0. The molecule has 0 spiro atoms. The number of hydrogen-bond acceptors (Lipinski definition) is 4. The molecule has 0 aliphatic rings.